The van der Waals surface area contributed by atoms with Gasteiger partial charge in [0.2, 0.25) is 0 Å². The van der Waals surface area contributed by atoms with E-state index in [1.807, 2.05) is 36.4 Å². The highest BCUT2D eigenvalue weighted by molar-refractivity contribution is 6.09. The number of imide groups is 1. The molecule has 1 aliphatic heterocycles. The zero-order valence-electron chi connectivity index (χ0n) is 16.6. The van der Waals surface area contributed by atoms with Gasteiger partial charge in [0, 0.05) is 18.0 Å². The van der Waals surface area contributed by atoms with Gasteiger partial charge in [-0.15, -0.1) is 0 Å². The molecule has 1 fully saturated rings. The minimum absolute atomic E-state index is 0.300. The number of pyridine rings is 1. The van der Waals surface area contributed by atoms with Crippen LogP contribution in [0.5, 0.6) is 0 Å². The Bertz CT molecular complexity index is 1200. The summed E-state index contributed by atoms with van der Waals surface area (Å²) < 4.78 is 0. The van der Waals surface area contributed by atoms with Crippen LogP contribution >= 0.6 is 0 Å². The first-order valence-electron chi connectivity index (χ1n) is 9.51. The molecule has 1 saturated heterocycles. The topological polar surface area (TPSA) is 120 Å². The zero-order chi connectivity index (χ0) is 22.0. The molecule has 0 aliphatic carbocycles. The summed E-state index contributed by atoms with van der Waals surface area (Å²) in [5, 5.41) is 4.61. The number of nitrogens with zero attached hydrogens (tertiary/aromatic N) is 2. The van der Waals surface area contributed by atoms with Gasteiger partial charge in [0.05, 0.1) is 0 Å². The largest absolute Gasteiger partial charge is 0.325 e. The third-order valence-corrected chi connectivity index (χ3v) is 5.16. The molecule has 2 heterocycles. The summed E-state index contributed by atoms with van der Waals surface area (Å²) in [5.41, 5.74) is 4.05. The molecule has 31 heavy (non-hydrogen) atoms. The fourth-order valence-corrected chi connectivity index (χ4v) is 3.42. The van der Waals surface area contributed by atoms with Crippen LogP contribution in [0.3, 0.4) is 0 Å². The number of hydrogen-bond acceptors (Lipinski definition) is 5. The van der Waals surface area contributed by atoms with Gasteiger partial charge in [-0.3, -0.25) is 35.1 Å². The highest BCUT2D eigenvalue weighted by atomic mass is 16.2. The van der Waals surface area contributed by atoms with Gasteiger partial charge >= 0.3 is 6.03 Å². The number of carbonyl (C=O) groups excluding carboxylic acids is 4. The molecule has 0 unspecified atom stereocenters. The Labute approximate surface area is 177 Å². The summed E-state index contributed by atoms with van der Waals surface area (Å²) in [6, 6.07) is 15.4. The van der Waals surface area contributed by atoms with Crippen LogP contribution in [0, 0.1) is 0 Å². The third-order valence-electron chi connectivity index (χ3n) is 5.16. The van der Waals surface area contributed by atoms with E-state index in [1.165, 1.54) is 24.5 Å². The number of amides is 5. The SMILES string of the molecule is C[C@@]1(c2ccc3ccccc3c2)NC(=O)N(CC(=O)NNC(=O)c2ccncc2)C1=O. The van der Waals surface area contributed by atoms with Crippen molar-refractivity contribution >= 4 is 34.5 Å². The smallest absolute Gasteiger partial charge is 0.319 e. The summed E-state index contributed by atoms with van der Waals surface area (Å²) in [6.07, 6.45) is 2.88. The Morgan fingerprint density at radius 1 is 1.00 bits per heavy atom. The molecule has 156 valence electrons. The Morgan fingerprint density at radius 2 is 1.71 bits per heavy atom. The fraction of sp³-hybridized carbons (Fsp3) is 0.136. The molecular formula is C22H19N5O4. The lowest BCUT2D eigenvalue weighted by atomic mass is 9.90. The van der Waals surface area contributed by atoms with Gasteiger partial charge in [-0.25, -0.2) is 4.79 Å². The number of fused-ring (bicyclic) bond motifs is 1. The third kappa shape index (κ3) is 3.80. The number of urea groups is 1. The predicted octanol–water partition coefficient (Wildman–Crippen LogP) is 1.46. The van der Waals surface area contributed by atoms with E-state index < -0.39 is 35.8 Å². The molecule has 2 aromatic carbocycles. The van der Waals surface area contributed by atoms with E-state index in [4.69, 9.17) is 0 Å². The molecule has 3 aromatic rings. The summed E-state index contributed by atoms with van der Waals surface area (Å²) in [7, 11) is 0. The normalized spacial score (nSPS) is 18.0. The molecule has 0 saturated carbocycles. The van der Waals surface area contributed by atoms with E-state index in [1.54, 1.807) is 13.0 Å². The van der Waals surface area contributed by atoms with Gasteiger partial charge in [-0.05, 0) is 41.5 Å². The number of hydrogen-bond donors (Lipinski definition) is 3. The molecule has 3 N–H and O–H groups in total. The van der Waals surface area contributed by atoms with Crippen molar-refractivity contribution in [2.24, 2.45) is 0 Å². The average molecular weight is 417 g/mol. The van der Waals surface area contributed by atoms with Crippen LogP contribution in [-0.2, 0) is 15.1 Å². The van der Waals surface area contributed by atoms with E-state index in [0.29, 0.717) is 11.1 Å². The van der Waals surface area contributed by atoms with Crippen molar-refractivity contribution in [3.63, 3.8) is 0 Å². The lowest BCUT2D eigenvalue weighted by Gasteiger charge is -2.22. The summed E-state index contributed by atoms with van der Waals surface area (Å²) >= 11 is 0. The molecule has 9 nitrogen and oxygen atoms in total. The Balaban J connectivity index is 1.45. The van der Waals surface area contributed by atoms with Gasteiger partial charge in [-0.2, -0.15) is 0 Å². The quantitative estimate of drug-likeness (QED) is 0.439. The monoisotopic (exact) mass is 417 g/mol. The fourth-order valence-electron chi connectivity index (χ4n) is 3.42. The van der Waals surface area contributed by atoms with Crippen LogP contribution in [0.15, 0.2) is 67.0 Å². The number of benzene rings is 2. The maximum atomic E-state index is 13.0. The molecular weight excluding hydrogens is 398 g/mol. The molecule has 0 spiro atoms. The minimum atomic E-state index is -1.30. The van der Waals surface area contributed by atoms with Crippen LogP contribution in [0.1, 0.15) is 22.8 Å². The first kappa shape index (κ1) is 20.0. The number of aromatic nitrogens is 1. The first-order chi connectivity index (χ1) is 14.9. The van der Waals surface area contributed by atoms with E-state index in [-0.39, 0.29) is 0 Å². The average Bonchev–Trinajstić information content (AvgIpc) is 3.01. The molecule has 5 amide bonds. The van der Waals surface area contributed by atoms with E-state index in [0.717, 1.165) is 15.7 Å². The second-order valence-electron chi connectivity index (χ2n) is 7.25. The Hall–Kier alpha value is -4.27. The van der Waals surface area contributed by atoms with Crippen LogP contribution in [0.4, 0.5) is 4.79 Å². The summed E-state index contributed by atoms with van der Waals surface area (Å²) in [5.74, 6) is -1.81. The van der Waals surface area contributed by atoms with Crippen LogP contribution < -0.4 is 16.2 Å². The van der Waals surface area contributed by atoms with Gasteiger partial charge in [-0.1, -0.05) is 36.4 Å². The van der Waals surface area contributed by atoms with Gasteiger partial charge in [0.15, 0.2) is 0 Å². The van der Waals surface area contributed by atoms with Crippen molar-refractivity contribution in [2.75, 3.05) is 6.54 Å². The van der Waals surface area contributed by atoms with Gasteiger partial charge in [0.25, 0.3) is 17.7 Å². The molecule has 9 heteroatoms. The van der Waals surface area contributed by atoms with Gasteiger partial charge in [0.1, 0.15) is 12.1 Å². The van der Waals surface area contributed by atoms with Crippen molar-refractivity contribution in [3.05, 3.63) is 78.1 Å². The van der Waals surface area contributed by atoms with E-state index in [9.17, 15) is 19.2 Å². The molecule has 1 atom stereocenters. The Morgan fingerprint density at radius 3 is 2.45 bits per heavy atom. The Kier molecular flexibility index (Phi) is 5.08. The maximum Gasteiger partial charge on any atom is 0.325 e. The first-order valence-corrected chi connectivity index (χ1v) is 9.51. The zero-order valence-corrected chi connectivity index (χ0v) is 16.6. The molecule has 4 rings (SSSR count). The van der Waals surface area contributed by atoms with E-state index in [2.05, 4.69) is 21.2 Å². The number of rotatable bonds is 4. The van der Waals surface area contributed by atoms with Crippen molar-refractivity contribution in [2.45, 2.75) is 12.5 Å². The molecule has 1 aliphatic rings. The van der Waals surface area contributed by atoms with Crippen LogP contribution in [0.25, 0.3) is 10.8 Å². The number of carbonyl (C=O) groups is 4. The maximum absolute atomic E-state index is 13.0. The highest BCUT2D eigenvalue weighted by Crippen LogP contribution is 2.30. The molecule has 1 aromatic heterocycles. The predicted molar refractivity (Wildman–Crippen MR) is 111 cm³/mol. The van der Waals surface area contributed by atoms with Crippen molar-refractivity contribution < 1.29 is 19.2 Å². The summed E-state index contributed by atoms with van der Waals surface area (Å²) in [6.45, 7) is 1.06. The molecule has 0 radical (unpaired) electrons. The second kappa shape index (κ2) is 7.86. The standard InChI is InChI=1S/C22H19N5O4/c1-22(17-7-6-14-4-2-3-5-16(14)12-17)20(30)27(21(31)24-22)13-18(28)25-26-19(29)15-8-10-23-11-9-15/h2-12H,13H2,1H3,(H,24,31)(H,25,28)(H,26,29)/t22-/m0/s1. The van der Waals surface area contributed by atoms with Crippen LogP contribution in [0.2, 0.25) is 0 Å². The van der Waals surface area contributed by atoms with Crippen molar-refractivity contribution in [3.8, 4) is 0 Å². The van der Waals surface area contributed by atoms with Crippen molar-refractivity contribution in [1.82, 2.24) is 26.1 Å². The lowest BCUT2D eigenvalue weighted by Crippen LogP contribution is -2.48. The number of nitrogens with one attached hydrogen (secondary N) is 3. The van der Waals surface area contributed by atoms with Crippen LogP contribution in [-0.4, -0.2) is 40.2 Å². The highest BCUT2D eigenvalue weighted by Gasteiger charge is 2.49. The molecule has 0 bridgehead atoms. The minimum Gasteiger partial charge on any atom is -0.319 e. The van der Waals surface area contributed by atoms with E-state index >= 15 is 0 Å². The second-order valence-corrected chi connectivity index (χ2v) is 7.25. The lowest BCUT2D eigenvalue weighted by molar-refractivity contribution is -0.135. The number of hydrazine groups is 1. The summed E-state index contributed by atoms with van der Waals surface area (Å²) in [4.78, 5) is 54.4. The van der Waals surface area contributed by atoms with Gasteiger partial charge < -0.3 is 5.32 Å². The van der Waals surface area contributed by atoms with Crippen molar-refractivity contribution in [1.29, 1.82) is 0 Å².